The zero-order valence-electron chi connectivity index (χ0n) is 14.1. The molecule has 0 aliphatic heterocycles. The molecule has 6 heteroatoms. The largest absolute Gasteiger partial charge is 0.383 e. The van der Waals surface area contributed by atoms with E-state index >= 15 is 0 Å². The third-order valence-corrected chi connectivity index (χ3v) is 4.46. The molecule has 2 aromatic rings. The van der Waals surface area contributed by atoms with E-state index in [4.69, 9.17) is 0 Å². The predicted octanol–water partition coefficient (Wildman–Crippen LogP) is 2.08. The molecule has 0 saturated heterocycles. The molecule has 1 aromatic carbocycles. The number of carbonyl (C=O) groups is 1. The lowest BCUT2D eigenvalue weighted by atomic mass is 10.00. The molecule has 1 aromatic heterocycles. The molecule has 3 N–H and O–H groups in total. The van der Waals surface area contributed by atoms with Crippen LogP contribution in [0.3, 0.4) is 0 Å². The third-order valence-electron chi connectivity index (χ3n) is 4.46. The van der Waals surface area contributed by atoms with Crippen LogP contribution in [0.4, 0.5) is 4.79 Å². The van der Waals surface area contributed by atoms with E-state index in [1.807, 2.05) is 30.3 Å². The lowest BCUT2D eigenvalue weighted by Gasteiger charge is -2.24. The van der Waals surface area contributed by atoms with Crippen molar-refractivity contribution < 1.29 is 9.90 Å². The summed E-state index contributed by atoms with van der Waals surface area (Å²) in [6.45, 7) is 1.79. The summed E-state index contributed by atoms with van der Waals surface area (Å²) < 4.78 is 1.63. The highest BCUT2D eigenvalue weighted by atomic mass is 16.3. The van der Waals surface area contributed by atoms with Crippen molar-refractivity contribution in [1.82, 2.24) is 20.4 Å². The Labute approximate surface area is 141 Å². The first-order chi connectivity index (χ1) is 11.5. The topological polar surface area (TPSA) is 79.2 Å². The Morgan fingerprint density at radius 2 is 2.12 bits per heavy atom. The van der Waals surface area contributed by atoms with Crippen molar-refractivity contribution in [3.8, 4) is 0 Å². The highest BCUT2D eigenvalue weighted by Crippen LogP contribution is 2.40. The van der Waals surface area contributed by atoms with Crippen LogP contribution in [-0.4, -0.2) is 27.5 Å². The predicted molar refractivity (Wildman–Crippen MR) is 91.2 cm³/mol. The van der Waals surface area contributed by atoms with Crippen LogP contribution >= 0.6 is 0 Å². The Balaban J connectivity index is 1.58. The van der Waals surface area contributed by atoms with Gasteiger partial charge in [-0.2, -0.15) is 5.10 Å². The molecule has 1 aliphatic carbocycles. The van der Waals surface area contributed by atoms with E-state index in [0.717, 1.165) is 18.4 Å². The Kier molecular flexibility index (Phi) is 4.57. The van der Waals surface area contributed by atoms with E-state index in [1.165, 1.54) is 0 Å². The van der Waals surface area contributed by atoms with Gasteiger partial charge in [-0.15, -0.1) is 0 Å². The molecule has 24 heavy (non-hydrogen) atoms. The van der Waals surface area contributed by atoms with Gasteiger partial charge in [0.05, 0.1) is 18.8 Å². The van der Waals surface area contributed by atoms with E-state index in [1.54, 1.807) is 31.0 Å². The Morgan fingerprint density at radius 1 is 1.42 bits per heavy atom. The van der Waals surface area contributed by atoms with Crippen LogP contribution < -0.4 is 10.6 Å². The first-order valence-electron chi connectivity index (χ1n) is 8.26. The zero-order chi connectivity index (χ0) is 17.2. The van der Waals surface area contributed by atoms with Gasteiger partial charge >= 0.3 is 6.03 Å². The number of aliphatic hydroxyl groups is 1. The van der Waals surface area contributed by atoms with Crippen LogP contribution in [0.25, 0.3) is 0 Å². The maximum absolute atomic E-state index is 12.3. The van der Waals surface area contributed by atoms with Gasteiger partial charge in [0.1, 0.15) is 5.60 Å². The maximum atomic E-state index is 12.3. The van der Waals surface area contributed by atoms with Crippen molar-refractivity contribution in [1.29, 1.82) is 0 Å². The molecular weight excluding hydrogens is 304 g/mol. The number of hydrogen-bond donors (Lipinski definition) is 3. The number of nitrogens with one attached hydrogen (secondary N) is 2. The summed E-state index contributed by atoms with van der Waals surface area (Å²) in [6, 6.07) is 9.77. The van der Waals surface area contributed by atoms with Gasteiger partial charge in [-0.25, -0.2) is 4.79 Å². The van der Waals surface area contributed by atoms with Crippen molar-refractivity contribution in [3.63, 3.8) is 0 Å². The van der Waals surface area contributed by atoms with Crippen LogP contribution in [0.1, 0.15) is 36.9 Å². The molecule has 1 fully saturated rings. The number of benzene rings is 1. The number of aromatic nitrogens is 2. The van der Waals surface area contributed by atoms with Crippen LogP contribution in [0.5, 0.6) is 0 Å². The van der Waals surface area contributed by atoms with Gasteiger partial charge in [0.15, 0.2) is 0 Å². The number of hydrogen-bond acceptors (Lipinski definition) is 3. The van der Waals surface area contributed by atoms with Gasteiger partial charge in [-0.3, -0.25) is 4.68 Å². The summed E-state index contributed by atoms with van der Waals surface area (Å²) in [6.07, 6.45) is 5.62. The Morgan fingerprint density at radius 3 is 2.71 bits per heavy atom. The van der Waals surface area contributed by atoms with Gasteiger partial charge in [0.2, 0.25) is 0 Å². The standard InChI is InChI=1S/C18H24N4O2/c1-18(24,15-10-20-22(2)11-15)12-19-17(23)21-16(14-8-9-14)13-6-4-3-5-7-13/h3-7,10-11,14,16,24H,8-9,12H2,1-2H3,(H2,19,21,23). The van der Waals surface area contributed by atoms with Gasteiger partial charge < -0.3 is 15.7 Å². The number of nitrogens with zero attached hydrogens (tertiary/aromatic N) is 2. The monoisotopic (exact) mass is 328 g/mol. The molecular formula is C18H24N4O2. The molecule has 0 bridgehead atoms. The normalized spacial score (nSPS) is 17.8. The minimum Gasteiger partial charge on any atom is -0.383 e. The fraction of sp³-hybridized carbons (Fsp3) is 0.444. The quantitative estimate of drug-likeness (QED) is 0.759. The van der Waals surface area contributed by atoms with Gasteiger partial charge in [0, 0.05) is 18.8 Å². The van der Waals surface area contributed by atoms with Gasteiger partial charge in [-0.05, 0) is 31.2 Å². The summed E-state index contributed by atoms with van der Waals surface area (Å²) in [5, 5.41) is 20.4. The molecule has 1 saturated carbocycles. The first-order valence-corrected chi connectivity index (χ1v) is 8.26. The van der Waals surface area contributed by atoms with E-state index in [9.17, 15) is 9.90 Å². The number of rotatable bonds is 6. The first kappa shape index (κ1) is 16.5. The average Bonchev–Trinajstić information content (AvgIpc) is 3.31. The molecule has 2 unspecified atom stereocenters. The number of carbonyl (C=O) groups excluding carboxylic acids is 1. The smallest absolute Gasteiger partial charge is 0.315 e. The summed E-state index contributed by atoms with van der Waals surface area (Å²) >= 11 is 0. The minimum absolute atomic E-state index is 0.0227. The molecule has 128 valence electrons. The van der Waals surface area contributed by atoms with E-state index in [0.29, 0.717) is 11.5 Å². The van der Waals surface area contributed by atoms with Crippen LogP contribution in [0.15, 0.2) is 42.7 Å². The molecule has 6 nitrogen and oxygen atoms in total. The zero-order valence-corrected chi connectivity index (χ0v) is 14.1. The van der Waals surface area contributed by atoms with E-state index in [-0.39, 0.29) is 18.6 Å². The molecule has 3 rings (SSSR count). The van der Waals surface area contributed by atoms with Crippen molar-refractivity contribution in [2.45, 2.75) is 31.4 Å². The van der Waals surface area contributed by atoms with Crippen molar-refractivity contribution >= 4 is 6.03 Å². The Bertz CT molecular complexity index is 692. The fourth-order valence-corrected chi connectivity index (χ4v) is 2.81. The third kappa shape index (κ3) is 3.94. The maximum Gasteiger partial charge on any atom is 0.315 e. The molecule has 1 aliphatic rings. The number of urea groups is 1. The second-order valence-corrected chi connectivity index (χ2v) is 6.73. The summed E-state index contributed by atoms with van der Waals surface area (Å²) in [7, 11) is 1.79. The molecule has 2 atom stereocenters. The van der Waals surface area contributed by atoms with Crippen LogP contribution in [-0.2, 0) is 12.6 Å². The van der Waals surface area contributed by atoms with Crippen molar-refractivity contribution in [2.24, 2.45) is 13.0 Å². The minimum atomic E-state index is -1.16. The van der Waals surface area contributed by atoms with Crippen LogP contribution in [0.2, 0.25) is 0 Å². The van der Waals surface area contributed by atoms with Crippen molar-refractivity contribution in [3.05, 3.63) is 53.9 Å². The molecule has 2 amide bonds. The SMILES string of the molecule is Cn1cc(C(C)(O)CNC(=O)NC(c2ccccc2)C2CC2)cn1. The fourth-order valence-electron chi connectivity index (χ4n) is 2.81. The average molecular weight is 328 g/mol. The Hall–Kier alpha value is -2.34. The highest BCUT2D eigenvalue weighted by Gasteiger charge is 2.33. The lowest BCUT2D eigenvalue weighted by Crippen LogP contribution is -2.44. The van der Waals surface area contributed by atoms with E-state index < -0.39 is 5.60 Å². The van der Waals surface area contributed by atoms with Crippen LogP contribution in [0, 0.1) is 5.92 Å². The highest BCUT2D eigenvalue weighted by molar-refractivity contribution is 5.74. The molecule has 1 heterocycles. The molecule has 0 radical (unpaired) electrons. The summed E-state index contributed by atoms with van der Waals surface area (Å²) in [4.78, 5) is 12.3. The molecule has 0 spiro atoms. The lowest BCUT2D eigenvalue weighted by molar-refractivity contribution is 0.0591. The van der Waals surface area contributed by atoms with Gasteiger partial charge in [-0.1, -0.05) is 30.3 Å². The summed E-state index contributed by atoms with van der Waals surface area (Å²) in [5.74, 6) is 0.497. The second-order valence-electron chi connectivity index (χ2n) is 6.73. The summed E-state index contributed by atoms with van der Waals surface area (Å²) in [5.41, 5.74) is 0.634. The van der Waals surface area contributed by atoms with Crippen molar-refractivity contribution in [2.75, 3.05) is 6.54 Å². The number of amides is 2. The second kappa shape index (κ2) is 6.65. The van der Waals surface area contributed by atoms with Gasteiger partial charge in [0.25, 0.3) is 0 Å². The number of aryl methyl sites for hydroxylation is 1. The van der Waals surface area contributed by atoms with E-state index in [2.05, 4.69) is 15.7 Å².